The second-order valence-corrected chi connectivity index (χ2v) is 4.06. The fourth-order valence-electron chi connectivity index (χ4n) is 1.79. The van der Waals surface area contributed by atoms with Gasteiger partial charge in [-0.3, -0.25) is 4.98 Å². The highest BCUT2D eigenvalue weighted by molar-refractivity contribution is 5.90. The Balaban J connectivity index is 2.36. The van der Waals surface area contributed by atoms with Gasteiger partial charge in [0.2, 0.25) is 0 Å². The standard InChI is InChI=1S/C15H14FNO2/c1-3-19-15(18)13-7-8-14(17-10(13)2)11-5-4-6-12(16)9-11/h4-9H,3H2,1-2H3. The van der Waals surface area contributed by atoms with Crippen LogP contribution in [-0.4, -0.2) is 17.6 Å². The Bertz CT molecular complexity index is 611. The van der Waals surface area contributed by atoms with Gasteiger partial charge in [0.05, 0.1) is 23.6 Å². The quantitative estimate of drug-likeness (QED) is 0.793. The van der Waals surface area contributed by atoms with E-state index in [0.29, 0.717) is 29.1 Å². The van der Waals surface area contributed by atoms with Crippen molar-refractivity contribution in [2.75, 3.05) is 6.61 Å². The van der Waals surface area contributed by atoms with Gasteiger partial charge in [0.1, 0.15) is 5.82 Å². The molecule has 0 aliphatic heterocycles. The molecule has 0 radical (unpaired) electrons. The maximum absolute atomic E-state index is 13.2. The van der Waals surface area contributed by atoms with Crippen LogP contribution < -0.4 is 0 Å². The molecule has 1 aromatic heterocycles. The molecule has 4 heteroatoms. The Labute approximate surface area is 111 Å². The second-order valence-electron chi connectivity index (χ2n) is 4.06. The molecule has 19 heavy (non-hydrogen) atoms. The predicted molar refractivity (Wildman–Crippen MR) is 70.3 cm³/mol. The molecule has 0 aliphatic rings. The number of nitrogens with zero attached hydrogens (tertiary/aromatic N) is 1. The summed E-state index contributed by atoms with van der Waals surface area (Å²) in [5, 5.41) is 0. The molecule has 2 rings (SSSR count). The molecule has 0 saturated carbocycles. The van der Waals surface area contributed by atoms with Crippen molar-refractivity contribution < 1.29 is 13.9 Å². The highest BCUT2D eigenvalue weighted by atomic mass is 19.1. The summed E-state index contributed by atoms with van der Waals surface area (Å²) in [5.74, 6) is -0.704. The first-order valence-corrected chi connectivity index (χ1v) is 6.02. The minimum Gasteiger partial charge on any atom is -0.462 e. The maximum atomic E-state index is 13.2. The van der Waals surface area contributed by atoms with Gasteiger partial charge in [0.25, 0.3) is 0 Å². The highest BCUT2D eigenvalue weighted by Crippen LogP contribution is 2.20. The van der Waals surface area contributed by atoms with Crippen LogP contribution >= 0.6 is 0 Å². The molecule has 0 fully saturated rings. The van der Waals surface area contributed by atoms with Gasteiger partial charge in [0, 0.05) is 5.56 Å². The van der Waals surface area contributed by atoms with Crippen molar-refractivity contribution in [2.45, 2.75) is 13.8 Å². The van der Waals surface area contributed by atoms with Crippen molar-refractivity contribution in [3.63, 3.8) is 0 Å². The summed E-state index contributed by atoms with van der Waals surface area (Å²) in [6, 6.07) is 9.53. The maximum Gasteiger partial charge on any atom is 0.339 e. The number of esters is 1. The number of hydrogen-bond acceptors (Lipinski definition) is 3. The number of rotatable bonds is 3. The van der Waals surface area contributed by atoms with Crippen molar-refractivity contribution in [3.05, 3.63) is 53.5 Å². The first-order chi connectivity index (χ1) is 9.11. The smallest absolute Gasteiger partial charge is 0.339 e. The number of halogens is 1. The van der Waals surface area contributed by atoms with E-state index in [1.54, 1.807) is 38.1 Å². The zero-order valence-electron chi connectivity index (χ0n) is 10.8. The molecule has 98 valence electrons. The predicted octanol–water partition coefficient (Wildman–Crippen LogP) is 3.37. The second kappa shape index (κ2) is 5.61. The number of hydrogen-bond donors (Lipinski definition) is 0. The van der Waals surface area contributed by atoms with E-state index in [4.69, 9.17) is 4.74 Å². The van der Waals surface area contributed by atoms with E-state index in [9.17, 15) is 9.18 Å². The molecule has 0 saturated heterocycles. The normalized spacial score (nSPS) is 10.3. The molecule has 2 aromatic rings. The minimum atomic E-state index is -0.390. The molecule has 0 N–H and O–H groups in total. The number of aromatic nitrogens is 1. The van der Waals surface area contributed by atoms with Crippen LogP contribution in [0, 0.1) is 12.7 Å². The minimum absolute atomic E-state index is 0.313. The van der Waals surface area contributed by atoms with Gasteiger partial charge in [0.15, 0.2) is 0 Å². The zero-order valence-corrected chi connectivity index (χ0v) is 10.8. The van der Waals surface area contributed by atoms with E-state index in [1.807, 2.05) is 0 Å². The average molecular weight is 259 g/mol. The average Bonchev–Trinajstić information content (AvgIpc) is 2.38. The van der Waals surface area contributed by atoms with Crippen LogP contribution in [0.25, 0.3) is 11.3 Å². The van der Waals surface area contributed by atoms with E-state index >= 15 is 0 Å². The van der Waals surface area contributed by atoms with E-state index in [0.717, 1.165) is 0 Å². The van der Waals surface area contributed by atoms with Crippen molar-refractivity contribution in [3.8, 4) is 11.3 Å². The Morgan fingerprint density at radius 1 is 1.32 bits per heavy atom. The zero-order chi connectivity index (χ0) is 13.8. The van der Waals surface area contributed by atoms with Crippen LogP contribution in [-0.2, 0) is 4.74 Å². The Morgan fingerprint density at radius 3 is 2.74 bits per heavy atom. The van der Waals surface area contributed by atoms with Gasteiger partial charge in [-0.15, -0.1) is 0 Å². The van der Waals surface area contributed by atoms with Gasteiger partial charge in [-0.1, -0.05) is 12.1 Å². The highest BCUT2D eigenvalue weighted by Gasteiger charge is 2.12. The lowest BCUT2D eigenvalue weighted by Crippen LogP contribution is -2.08. The largest absolute Gasteiger partial charge is 0.462 e. The molecular formula is C15H14FNO2. The lowest BCUT2D eigenvalue weighted by atomic mass is 10.1. The van der Waals surface area contributed by atoms with Crippen molar-refractivity contribution in [2.24, 2.45) is 0 Å². The summed E-state index contributed by atoms with van der Waals surface area (Å²) in [4.78, 5) is 16.0. The third-order valence-electron chi connectivity index (χ3n) is 2.70. The Kier molecular flexibility index (Phi) is 3.90. The first-order valence-electron chi connectivity index (χ1n) is 6.02. The van der Waals surface area contributed by atoms with Crippen LogP contribution in [0.2, 0.25) is 0 Å². The third kappa shape index (κ3) is 2.96. The molecular weight excluding hydrogens is 245 g/mol. The van der Waals surface area contributed by atoms with E-state index in [1.165, 1.54) is 12.1 Å². The molecule has 1 aromatic carbocycles. The number of aryl methyl sites for hydroxylation is 1. The lowest BCUT2D eigenvalue weighted by molar-refractivity contribution is 0.0525. The number of benzene rings is 1. The molecule has 1 heterocycles. The van der Waals surface area contributed by atoms with Gasteiger partial charge in [-0.05, 0) is 38.1 Å². The topological polar surface area (TPSA) is 39.2 Å². The number of carbonyl (C=O) groups excluding carboxylic acids is 1. The number of pyridine rings is 1. The fourth-order valence-corrected chi connectivity index (χ4v) is 1.79. The first kappa shape index (κ1) is 13.2. The molecule has 3 nitrogen and oxygen atoms in total. The number of carbonyl (C=O) groups is 1. The SMILES string of the molecule is CCOC(=O)c1ccc(-c2cccc(F)c2)nc1C. The number of ether oxygens (including phenoxy) is 1. The summed E-state index contributed by atoms with van der Waals surface area (Å²) < 4.78 is 18.1. The summed E-state index contributed by atoms with van der Waals surface area (Å²) in [6.07, 6.45) is 0. The van der Waals surface area contributed by atoms with Crippen molar-refractivity contribution in [1.82, 2.24) is 4.98 Å². The van der Waals surface area contributed by atoms with Crippen molar-refractivity contribution in [1.29, 1.82) is 0 Å². The monoisotopic (exact) mass is 259 g/mol. The Hall–Kier alpha value is -2.23. The van der Waals surface area contributed by atoms with Gasteiger partial charge >= 0.3 is 5.97 Å². The molecule has 0 amide bonds. The molecule has 0 unspecified atom stereocenters. The molecule has 0 aliphatic carbocycles. The van der Waals surface area contributed by atoms with Crippen LogP contribution in [0.15, 0.2) is 36.4 Å². The third-order valence-corrected chi connectivity index (χ3v) is 2.70. The van der Waals surface area contributed by atoms with E-state index in [2.05, 4.69) is 4.98 Å². The van der Waals surface area contributed by atoms with Crippen LogP contribution in [0.4, 0.5) is 4.39 Å². The van der Waals surface area contributed by atoms with Gasteiger partial charge < -0.3 is 4.74 Å². The summed E-state index contributed by atoms with van der Waals surface area (Å²) in [6.45, 7) is 3.81. The van der Waals surface area contributed by atoms with Gasteiger partial charge in [-0.25, -0.2) is 9.18 Å². The molecule has 0 atom stereocenters. The van der Waals surface area contributed by atoms with E-state index in [-0.39, 0.29) is 5.82 Å². The van der Waals surface area contributed by atoms with Crippen LogP contribution in [0.3, 0.4) is 0 Å². The van der Waals surface area contributed by atoms with Gasteiger partial charge in [-0.2, -0.15) is 0 Å². The molecule has 0 spiro atoms. The molecule has 0 bridgehead atoms. The fraction of sp³-hybridized carbons (Fsp3) is 0.200. The summed E-state index contributed by atoms with van der Waals surface area (Å²) >= 11 is 0. The summed E-state index contributed by atoms with van der Waals surface area (Å²) in [7, 11) is 0. The summed E-state index contributed by atoms with van der Waals surface area (Å²) in [5.41, 5.74) is 2.31. The van der Waals surface area contributed by atoms with E-state index < -0.39 is 5.97 Å². The van der Waals surface area contributed by atoms with Crippen molar-refractivity contribution >= 4 is 5.97 Å². The van der Waals surface area contributed by atoms with Crippen LogP contribution in [0.1, 0.15) is 23.0 Å². The Morgan fingerprint density at radius 2 is 2.11 bits per heavy atom. The van der Waals surface area contributed by atoms with Crippen LogP contribution in [0.5, 0.6) is 0 Å². The lowest BCUT2D eigenvalue weighted by Gasteiger charge is -2.07.